The van der Waals surface area contributed by atoms with E-state index < -0.39 is 30.1 Å². The summed E-state index contributed by atoms with van der Waals surface area (Å²) in [4.78, 5) is 35.0. The van der Waals surface area contributed by atoms with E-state index in [0.29, 0.717) is 5.82 Å². The van der Waals surface area contributed by atoms with Crippen LogP contribution in [0.2, 0.25) is 0 Å². The van der Waals surface area contributed by atoms with Crippen LogP contribution in [0.4, 0.5) is 29.5 Å². The maximum atomic E-state index is 13.2. The Labute approximate surface area is 188 Å². The number of halogens is 3. The van der Waals surface area contributed by atoms with Gasteiger partial charge in [0.15, 0.2) is 0 Å². The van der Waals surface area contributed by atoms with Crippen molar-refractivity contribution < 1.29 is 27.5 Å². The molecule has 1 aromatic heterocycles. The molecule has 10 heteroatoms. The minimum atomic E-state index is -4.83. The molecule has 1 saturated heterocycles. The standard InChI is InChI=1S/C23H21F3N4O3/c1-14-21(31)30(16-8-10-17(11-9-16)33-23(24,25)26)22(32)29(14)13-15-12-20(28(2)3)27-19-7-5-4-6-18(15)19/h4-12,14H,13H2,1-3H3. The van der Waals surface area contributed by atoms with Crippen molar-refractivity contribution in [2.45, 2.75) is 25.9 Å². The number of hydrogen-bond acceptors (Lipinski definition) is 5. The zero-order valence-electron chi connectivity index (χ0n) is 18.1. The Morgan fingerprint density at radius 2 is 1.73 bits per heavy atom. The number of rotatable bonds is 5. The average Bonchev–Trinajstić information content (AvgIpc) is 2.96. The summed E-state index contributed by atoms with van der Waals surface area (Å²) in [6.45, 7) is 1.79. The van der Waals surface area contributed by atoms with Gasteiger partial charge in [0.2, 0.25) is 0 Å². The highest BCUT2D eigenvalue weighted by Gasteiger charge is 2.43. The smallest absolute Gasteiger partial charge is 0.406 e. The van der Waals surface area contributed by atoms with Gasteiger partial charge in [-0.1, -0.05) is 18.2 Å². The second-order valence-electron chi connectivity index (χ2n) is 7.85. The molecule has 1 unspecified atom stereocenters. The summed E-state index contributed by atoms with van der Waals surface area (Å²) in [5, 5.41) is 0.864. The van der Waals surface area contributed by atoms with Crippen LogP contribution in [-0.2, 0) is 11.3 Å². The van der Waals surface area contributed by atoms with Gasteiger partial charge in [-0.2, -0.15) is 0 Å². The normalized spacial score (nSPS) is 16.6. The van der Waals surface area contributed by atoms with Gasteiger partial charge in [0.1, 0.15) is 17.6 Å². The lowest BCUT2D eigenvalue weighted by Gasteiger charge is -2.22. The lowest BCUT2D eigenvalue weighted by atomic mass is 10.1. The third kappa shape index (κ3) is 4.41. The van der Waals surface area contributed by atoms with Crippen molar-refractivity contribution in [3.63, 3.8) is 0 Å². The summed E-state index contributed by atoms with van der Waals surface area (Å²) in [6, 6.07) is 12.7. The molecule has 2 aromatic carbocycles. The van der Waals surface area contributed by atoms with E-state index in [1.807, 2.05) is 49.3 Å². The van der Waals surface area contributed by atoms with Crippen LogP contribution in [0.5, 0.6) is 5.75 Å². The first-order valence-corrected chi connectivity index (χ1v) is 10.1. The van der Waals surface area contributed by atoms with Gasteiger partial charge in [-0.3, -0.25) is 4.79 Å². The molecule has 0 radical (unpaired) electrons. The van der Waals surface area contributed by atoms with E-state index in [1.54, 1.807) is 6.92 Å². The summed E-state index contributed by atoms with van der Waals surface area (Å²) in [7, 11) is 3.73. The molecule has 33 heavy (non-hydrogen) atoms. The molecule has 0 saturated carbocycles. The van der Waals surface area contributed by atoms with Gasteiger partial charge in [0.05, 0.1) is 11.2 Å². The van der Waals surface area contributed by atoms with Crippen molar-refractivity contribution in [2.24, 2.45) is 0 Å². The molecule has 2 heterocycles. The molecule has 1 aliphatic heterocycles. The summed E-state index contributed by atoms with van der Waals surface area (Å²) in [5.74, 6) is -0.183. The van der Waals surface area contributed by atoms with Crippen LogP contribution < -0.4 is 14.5 Å². The molecule has 1 aliphatic rings. The fourth-order valence-electron chi connectivity index (χ4n) is 3.72. The number of nitrogens with zero attached hydrogens (tertiary/aromatic N) is 4. The van der Waals surface area contributed by atoms with E-state index in [-0.39, 0.29) is 12.2 Å². The second-order valence-corrected chi connectivity index (χ2v) is 7.85. The summed E-state index contributed by atoms with van der Waals surface area (Å²) >= 11 is 0. The number of hydrogen-bond donors (Lipinski definition) is 0. The molecule has 0 aliphatic carbocycles. The Morgan fingerprint density at radius 3 is 2.36 bits per heavy atom. The van der Waals surface area contributed by atoms with Crippen LogP contribution in [-0.4, -0.2) is 48.3 Å². The van der Waals surface area contributed by atoms with Crippen molar-refractivity contribution in [3.05, 3.63) is 60.2 Å². The maximum absolute atomic E-state index is 13.2. The molecule has 4 rings (SSSR count). The van der Waals surface area contributed by atoms with E-state index in [2.05, 4.69) is 9.72 Å². The molecule has 0 bridgehead atoms. The fourth-order valence-corrected chi connectivity index (χ4v) is 3.72. The first kappa shape index (κ1) is 22.4. The first-order chi connectivity index (χ1) is 15.5. The Bertz CT molecular complexity index is 1210. The highest BCUT2D eigenvalue weighted by molar-refractivity contribution is 6.21. The Kier molecular flexibility index (Phi) is 5.61. The molecular formula is C23H21F3N4O3. The van der Waals surface area contributed by atoms with Crippen molar-refractivity contribution >= 4 is 34.3 Å². The second kappa shape index (κ2) is 8.27. The zero-order valence-corrected chi connectivity index (χ0v) is 18.1. The molecule has 172 valence electrons. The highest BCUT2D eigenvalue weighted by atomic mass is 19.4. The number of ether oxygens (including phenoxy) is 1. The Balaban J connectivity index is 1.64. The fraction of sp³-hybridized carbons (Fsp3) is 0.261. The number of carbonyl (C=O) groups excluding carboxylic acids is 2. The molecule has 0 spiro atoms. The van der Waals surface area contributed by atoms with E-state index in [0.717, 1.165) is 33.5 Å². The van der Waals surface area contributed by atoms with Crippen LogP contribution in [0.25, 0.3) is 10.9 Å². The van der Waals surface area contributed by atoms with Crippen LogP contribution in [0.15, 0.2) is 54.6 Å². The third-order valence-electron chi connectivity index (χ3n) is 5.40. The minimum Gasteiger partial charge on any atom is -0.406 e. The van der Waals surface area contributed by atoms with Crippen LogP contribution in [0.3, 0.4) is 0 Å². The predicted octanol–water partition coefficient (Wildman–Crippen LogP) is 4.56. The van der Waals surface area contributed by atoms with Crippen LogP contribution in [0.1, 0.15) is 12.5 Å². The number of anilines is 2. The number of pyridine rings is 1. The zero-order chi connectivity index (χ0) is 23.9. The number of fused-ring (bicyclic) bond motifs is 1. The summed E-state index contributed by atoms with van der Waals surface area (Å²) in [6.07, 6.45) is -4.83. The minimum absolute atomic E-state index is 0.168. The first-order valence-electron chi connectivity index (χ1n) is 10.1. The molecule has 7 nitrogen and oxygen atoms in total. The molecule has 1 fully saturated rings. The average molecular weight is 458 g/mol. The van der Waals surface area contributed by atoms with Crippen molar-refractivity contribution in [1.29, 1.82) is 0 Å². The van der Waals surface area contributed by atoms with Gasteiger partial charge in [-0.25, -0.2) is 14.7 Å². The number of aromatic nitrogens is 1. The molecule has 0 N–H and O–H groups in total. The number of amides is 3. The van der Waals surface area contributed by atoms with Crippen molar-refractivity contribution in [2.75, 3.05) is 23.9 Å². The lowest BCUT2D eigenvalue weighted by molar-refractivity contribution is -0.274. The van der Waals surface area contributed by atoms with E-state index in [9.17, 15) is 22.8 Å². The number of imide groups is 1. The van der Waals surface area contributed by atoms with Gasteiger partial charge in [0, 0.05) is 26.0 Å². The number of carbonyl (C=O) groups is 2. The van der Waals surface area contributed by atoms with Crippen molar-refractivity contribution in [3.8, 4) is 5.75 Å². The third-order valence-corrected chi connectivity index (χ3v) is 5.40. The van der Waals surface area contributed by atoms with E-state index in [4.69, 9.17) is 0 Å². The molecular weight excluding hydrogens is 437 g/mol. The number of urea groups is 1. The highest BCUT2D eigenvalue weighted by Crippen LogP contribution is 2.31. The summed E-state index contributed by atoms with van der Waals surface area (Å²) in [5.41, 5.74) is 1.76. The number of benzene rings is 2. The lowest BCUT2D eigenvalue weighted by Crippen LogP contribution is -2.33. The van der Waals surface area contributed by atoms with Crippen molar-refractivity contribution in [1.82, 2.24) is 9.88 Å². The van der Waals surface area contributed by atoms with Crippen LogP contribution in [0, 0.1) is 0 Å². The molecule has 1 atom stereocenters. The SMILES string of the molecule is CC1C(=O)N(c2ccc(OC(F)(F)F)cc2)C(=O)N1Cc1cc(N(C)C)nc2ccccc12. The largest absolute Gasteiger partial charge is 0.573 e. The molecule has 3 aromatic rings. The predicted molar refractivity (Wildman–Crippen MR) is 117 cm³/mol. The van der Waals surface area contributed by atoms with Gasteiger partial charge >= 0.3 is 12.4 Å². The van der Waals surface area contributed by atoms with E-state index >= 15 is 0 Å². The Morgan fingerprint density at radius 1 is 1.06 bits per heavy atom. The number of alkyl halides is 3. The van der Waals surface area contributed by atoms with Gasteiger partial charge in [-0.15, -0.1) is 13.2 Å². The topological polar surface area (TPSA) is 66.0 Å². The van der Waals surface area contributed by atoms with Gasteiger partial charge < -0.3 is 14.5 Å². The monoisotopic (exact) mass is 458 g/mol. The van der Waals surface area contributed by atoms with Gasteiger partial charge in [0.25, 0.3) is 5.91 Å². The number of para-hydroxylation sites is 1. The van der Waals surface area contributed by atoms with Gasteiger partial charge in [-0.05, 0) is 48.9 Å². The maximum Gasteiger partial charge on any atom is 0.573 e. The summed E-state index contributed by atoms with van der Waals surface area (Å²) < 4.78 is 41.1. The Hall–Kier alpha value is -3.82. The molecule has 3 amide bonds. The quantitative estimate of drug-likeness (QED) is 0.525. The van der Waals surface area contributed by atoms with Crippen LogP contribution >= 0.6 is 0 Å². The van der Waals surface area contributed by atoms with E-state index in [1.165, 1.54) is 17.0 Å².